The highest BCUT2D eigenvalue weighted by atomic mass is 127. The van der Waals surface area contributed by atoms with Crippen LogP contribution >= 0.6 is 38.5 Å². The molecule has 168 valence electrons. The number of rotatable bonds is 8. The van der Waals surface area contributed by atoms with E-state index >= 15 is 0 Å². The second-order valence-electron chi connectivity index (χ2n) is 8.79. The number of aromatic nitrogens is 1. The molecule has 1 heterocycles. The lowest BCUT2D eigenvalue weighted by atomic mass is 10.2. The summed E-state index contributed by atoms with van der Waals surface area (Å²) >= 11 is 5.79. The van der Waals surface area contributed by atoms with E-state index in [0.29, 0.717) is 18.7 Å². The number of hydrogen-bond donors (Lipinski definition) is 1. The summed E-state index contributed by atoms with van der Waals surface area (Å²) < 4.78 is 10.9. The van der Waals surface area contributed by atoms with Gasteiger partial charge >= 0.3 is 0 Å². The number of hydrogen-bond acceptors (Lipinski definition) is 3. The molecule has 2 aromatic carbocycles. The Morgan fingerprint density at radius 3 is 2.06 bits per heavy atom. The number of halogens is 2. The third-order valence-electron chi connectivity index (χ3n) is 5.78. The van der Waals surface area contributed by atoms with Gasteiger partial charge in [-0.3, -0.25) is 0 Å². The molecule has 3 rings (SSSR count). The van der Waals surface area contributed by atoms with E-state index in [2.05, 4.69) is 114 Å². The summed E-state index contributed by atoms with van der Waals surface area (Å²) in [6.45, 7) is 7.16. The van der Waals surface area contributed by atoms with Crippen molar-refractivity contribution in [1.82, 2.24) is 4.57 Å². The number of aliphatic hydroxyl groups excluding tert-OH is 1. The minimum Gasteiger partial charge on any atom is -0.405 e. The van der Waals surface area contributed by atoms with E-state index in [9.17, 15) is 10.4 Å². The second kappa shape index (κ2) is 10.7. The van der Waals surface area contributed by atoms with Gasteiger partial charge in [-0.15, -0.1) is 0 Å². The van der Waals surface area contributed by atoms with Gasteiger partial charge in [-0.2, -0.15) is 5.26 Å². The first-order valence-electron chi connectivity index (χ1n) is 10.6. The summed E-state index contributed by atoms with van der Waals surface area (Å²) in [5.74, 6) is 0. The molecule has 0 saturated heterocycles. The molecule has 0 bridgehead atoms. The molecule has 0 amide bonds. The quantitative estimate of drug-likeness (QED) is 0.277. The smallest absolute Gasteiger partial charge is 0.261 e. The van der Waals surface area contributed by atoms with Crippen molar-refractivity contribution in [2.45, 2.75) is 38.3 Å². The van der Waals surface area contributed by atoms with Gasteiger partial charge < -0.3 is 14.1 Å². The standard InChI is InChI=1S/C25H28BrIN2O2Si/c1-25(2,3)32(21-10-6-4-7-11-21,22-12-8-5-9-13-22)31-18-19(14-15-30)29-20(17-28)16-23(26)24(29)27/h4-13,16,19,30H,14-15,18H2,1-3H3/t19-/m0/s1. The lowest BCUT2D eigenvalue weighted by Gasteiger charge is -2.44. The highest BCUT2D eigenvalue weighted by Crippen LogP contribution is 2.38. The van der Waals surface area contributed by atoms with Crippen LogP contribution in [0.1, 0.15) is 38.9 Å². The first-order valence-corrected chi connectivity index (χ1v) is 14.4. The highest BCUT2D eigenvalue weighted by Gasteiger charge is 2.50. The Morgan fingerprint density at radius 2 is 1.62 bits per heavy atom. The SMILES string of the molecule is CC(C)(C)[Si](OC[C@H](CCO)n1c(C#N)cc(Br)c1I)(c1ccccc1)c1ccccc1. The maximum atomic E-state index is 9.83. The van der Waals surface area contributed by atoms with Crippen LogP contribution in [-0.2, 0) is 4.43 Å². The Balaban J connectivity index is 2.12. The van der Waals surface area contributed by atoms with Crippen molar-refractivity contribution in [3.8, 4) is 6.07 Å². The summed E-state index contributed by atoms with van der Waals surface area (Å²) in [4.78, 5) is 0. The number of nitriles is 1. The predicted molar refractivity (Wildman–Crippen MR) is 144 cm³/mol. The second-order valence-corrected chi connectivity index (χ2v) is 15.0. The van der Waals surface area contributed by atoms with Gasteiger partial charge in [-0.1, -0.05) is 81.4 Å². The fraction of sp³-hybridized carbons (Fsp3) is 0.320. The Morgan fingerprint density at radius 1 is 1.09 bits per heavy atom. The van der Waals surface area contributed by atoms with E-state index < -0.39 is 8.32 Å². The van der Waals surface area contributed by atoms with E-state index in [-0.39, 0.29) is 17.7 Å². The van der Waals surface area contributed by atoms with Crippen molar-refractivity contribution in [2.24, 2.45) is 0 Å². The zero-order valence-corrected chi connectivity index (χ0v) is 23.3. The van der Waals surface area contributed by atoms with E-state index in [1.165, 1.54) is 10.4 Å². The molecule has 0 aliphatic rings. The van der Waals surface area contributed by atoms with Crippen LogP contribution in [0.25, 0.3) is 0 Å². The average Bonchev–Trinajstić information content (AvgIpc) is 3.07. The molecule has 0 unspecified atom stereocenters. The van der Waals surface area contributed by atoms with Gasteiger partial charge in [-0.25, -0.2) is 0 Å². The highest BCUT2D eigenvalue weighted by molar-refractivity contribution is 14.1. The molecular weight excluding hydrogens is 595 g/mol. The first-order chi connectivity index (χ1) is 15.3. The van der Waals surface area contributed by atoms with Crippen molar-refractivity contribution in [1.29, 1.82) is 5.26 Å². The van der Waals surface area contributed by atoms with E-state index in [0.717, 1.165) is 8.17 Å². The molecule has 1 aromatic heterocycles. The summed E-state index contributed by atoms with van der Waals surface area (Å²) in [5.41, 5.74) is 0.561. The maximum Gasteiger partial charge on any atom is 0.261 e. The molecule has 0 spiro atoms. The topological polar surface area (TPSA) is 58.2 Å². The monoisotopic (exact) mass is 622 g/mol. The Hall–Kier alpha value is -1.44. The van der Waals surface area contributed by atoms with Crippen molar-refractivity contribution in [3.05, 3.63) is 80.6 Å². The first kappa shape index (κ1) is 25.2. The van der Waals surface area contributed by atoms with E-state index in [4.69, 9.17) is 4.43 Å². The molecule has 3 aromatic rings. The van der Waals surface area contributed by atoms with Crippen LogP contribution in [0.5, 0.6) is 0 Å². The van der Waals surface area contributed by atoms with Crippen molar-refractivity contribution >= 4 is 57.2 Å². The fourth-order valence-electron chi connectivity index (χ4n) is 4.33. The van der Waals surface area contributed by atoms with Crippen LogP contribution in [0.15, 0.2) is 71.2 Å². The van der Waals surface area contributed by atoms with Crippen molar-refractivity contribution < 1.29 is 9.53 Å². The van der Waals surface area contributed by atoms with Crippen molar-refractivity contribution in [3.63, 3.8) is 0 Å². The van der Waals surface area contributed by atoms with Gasteiger partial charge in [0.25, 0.3) is 8.32 Å². The van der Waals surface area contributed by atoms with Gasteiger partial charge in [0, 0.05) is 6.61 Å². The van der Waals surface area contributed by atoms with Crippen LogP contribution in [-0.4, -0.2) is 31.2 Å². The number of aliphatic hydroxyl groups is 1. The van der Waals surface area contributed by atoms with E-state index in [1.807, 2.05) is 22.8 Å². The predicted octanol–water partition coefficient (Wildman–Crippen LogP) is 5.23. The van der Waals surface area contributed by atoms with Crippen LogP contribution in [0.3, 0.4) is 0 Å². The minimum atomic E-state index is -2.70. The molecule has 0 radical (unpaired) electrons. The minimum absolute atomic E-state index is 0.0194. The summed E-state index contributed by atoms with van der Waals surface area (Å²) in [6, 6.07) is 25.0. The van der Waals surface area contributed by atoms with E-state index in [1.54, 1.807) is 0 Å². The molecule has 32 heavy (non-hydrogen) atoms. The summed E-state index contributed by atoms with van der Waals surface area (Å²) in [6.07, 6.45) is 0.504. The van der Waals surface area contributed by atoms with Crippen molar-refractivity contribution in [2.75, 3.05) is 13.2 Å². The molecule has 0 fully saturated rings. The van der Waals surface area contributed by atoms with Crippen LogP contribution in [0.2, 0.25) is 5.04 Å². The van der Waals surface area contributed by atoms with Gasteiger partial charge in [-0.05, 0) is 66.4 Å². The third-order valence-corrected chi connectivity index (χ3v) is 13.2. The third kappa shape index (κ3) is 4.90. The molecule has 1 N–H and O–H groups in total. The Kier molecular flexibility index (Phi) is 8.39. The average molecular weight is 623 g/mol. The maximum absolute atomic E-state index is 9.83. The van der Waals surface area contributed by atoms with Gasteiger partial charge in [0.05, 0.1) is 20.8 Å². The molecule has 0 saturated carbocycles. The Bertz CT molecular complexity index is 1040. The van der Waals surface area contributed by atoms with Gasteiger partial charge in [0.15, 0.2) is 0 Å². The molecule has 1 atom stereocenters. The zero-order chi connectivity index (χ0) is 23.4. The van der Waals surface area contributed by atoms with Gasteiger partial charge in [0.2, 0.25) is 0 Å². The molecule has 7 heteroatoms. The lowest BCUT2D eigenvalue weighted by molar-refractivity contribution is 0.191. The normalized spacial score (nSPS) is 13.0. The zero-order valence-electron chi connectivity index (χ0n) is 18.6. The largest absolute Gasteiger partial charge is 0.405 e. The number of nitrogens with zero attached hydrogens (tertiary/aromatic N) is 2. The Labute approximate surface area is 213 Å². The van der Waals surface area contributed by atoms with Crippen LogP contribution in [0, 0.1) is 15.0 Å². The van der Waals surface area contributed by atoms with Gasteiger partial charge in [0.1, 0.15) is 11.8 Å². The van der Waals surface area contributed by atoms with Crippen LogP contribution < -0.4 is 10.4 Å². The van der Waals surface area contributed by atoms with Crippen LogP contribution in [0.4, 0.5) is 0 Å². The molecular formula is C25H28BrIN2O2Si. The summed E-state index contributed by atoms with van der Waals surface area (Å²) in [7, 11) is -2.70. The molecule has 0 aliphatic carbocycles. The lowest BCUT2D eigenvalue weighted by Crippen LogP contribution is -2.67. The fourth-order valence-corrected chi connectivity index (χ4v) is 10.1. The molecule has 0 aliphatic heterocycles. The molecule has 4 nitrogen and oxygen atoms in total. The summed E-state index contributed by atoms with van der Waals surface area (Å²) in [5, 5.41) is 21.8. The number of benzene rings is 2.